The zero-order valence-electron chi connectivity index (χ0n) is 10.9. The number of nitrogens with two attached hydrogens (primary N) is 1. The number of nitrogen functional groups attached to an aromatic ring is 1. The Morgan fingerprint density at radius 2 is 2.14 bits per heavy atom. The van der Waals surface area contributed by atoms with Crippen LogP contribution in [-0.4, -0.2) is 19.7 Å². The summed E-state index contributed by atoms with van der Waals surface area (Å²) in [6, 6.07) is 6.37. The average molecular weight is 304 g/mol. The maximum atomic E-state index is 13.2. The summed E-state index contributed by atoms with van der Waals surface area (Å²) in [6.45, 7) is 0.454. The molecular weight excluding hydrogens is 293 g/mol. The molecule has 106 valence electrons. The van der Waals surface area contributed by atoms with Gasteiger partial charge in [0, 0.05) is 11.8 Å². The fourth-order valence-electron chi connectivity index (χ4n) is 1.98. The van der Waals surface area contributed by atoms with Crippen molar-refractivity contribution in [2.24, 2.45) is 0 Å². The van der Waals surface area contributed by atoms with Crippen molar-refractivity contribution in [1.82, 2.24) is 19.7 Å². The monoisotopic (exact) mass is 303 g/mol. The molecule has 5 nitrogen and oxygen atoms in total. The van der Waals surface area contributed by atoms with Gasteiger partial charge < -0.3 is 5.73 Å². The first-order chi connectivity index (χ1) is 10.1. The van der Waals surface area contributed by atoms with Crippen molar-refractivity contribution in [1.29, 1.82) is 0 Å². The Kier molecular flexibility index (Phi) is 3.53. The predicted molar refractivity (Wildman–Crippen MR) is 78.2 cm³/mol. The third-order valence-corrected chi connectivity index (χ3v) is 3.33. The quantitative estimate of drug-likeness (QED) is 0.807. The summed E-state index contributed by atoms with van der Waals surface area (Å²) < 4.78 is 14.8. The van der Waals surface area contributed by atoms with E-state index in [-0.39, 0.29) is 11.6 Å². The molecule has 0 aliphatic rings. The van der Waals surface area contributed by atoms with Crippen LogP contribution in [0.2, 0.25) is 5.02 Å². The van der Waals surface area contributed by atoms with Gasteiger partial charge in [-0.1, -0.05) is 23.7 Å². The Morgan fingerprint density at radius 1 is 1.29 bits per heavy atom. The van der Waals surface area contributed by atoms with Gasteiger partial charge in [0.1, 0.15) is 23.0 Å². The summed E-state index contributed by atoms with van der Waals surface area (Å²) in [4.78, 5) is 7.92. The van der Waals surface area contributed by atoms with Gasteiger partial charge in [-0.25, -0.2) is 14.4 Å². The summed E-state index contributed by atoms with van der Waals surface area (Å²) in [5.41, 5.74) is 7.72. The van der Waals surface area contributed by atoms with Gasteiger partial charge in [-0.3, -0.25) is 4.68 Å². The molecule has 0 radical (unpaired) electrons. The second kappa shape index (κ2) is 5.49. The molecule has 0 saturated carbocycles. The standard InChI is InChI=1S/C14H11ClFN5/c15-12-13(18-8-19-14(12)17)10-5-20-21(7-10)6-9-2-1-3-11(16)4-9/h1-5,7-8H,6H2,(H2,17,18,19). The van der Waals surface area contributed by atoms with E-state index in [2.05, 4.69) is 15.1 Å². The molecule has 2 heterocycles. The first kappa shape index (κ1) is 13.5. The number of anilines is 1. The van der Waals surface area contributed by atoms with E-state index in [1.165, 1.54) is 18.5 Å². The Labute approximate surface area is 125 Å². The van der Waals surface area contributed by atoms with Crippen molar-refractivity contribution >= 4 is 17.4 Å². The molecule has 0 aliphatic carbocycles. The van der Waals surface area contributed by atoms with Crippen molar-refractivity contribution < 1.29 is 4.39 Å². The molecule has 0 aliphatic heterocycles. The largest absolute Gasteiger partial charge is 0.382 e. The molecule has 3 rings (SSSR count). The molecular formula is C14H11ClFN5. The highest BCUT2D eigenvalue weighted by molar-refractivity contribution is 6.35. The van der Waals surface area contributed by atoms with Crippen molar-refractivity contribution in [3.8, 4) is 11.3 Å². The predicted octanol–water partition coefficient (Wildman–Crippen LogP) is 2.76. The minimum atomic E-state index is -0.272. The number of aromatic nitrogens is 4. The summed E-state index contributed by atoms with van der Waals surface area (Å²) in [5.74, 6) is -0.0500. The number of hydrogen-bond acceptors (Lipinski definition) is 4. The van der Waals surface area contributed by atoms with Gasteiger partial charge in [0.25, 0.3) is 0 Å². The van der Waals surface area contributed by atoms with E-state index in [0.717, 1.165) is 11.1 Å². The van der Waals surface area contributed by atoms with Gasteiger partial charge in [-0.2, -0.15) is 5.10 Å². The van der Waals surface area contributed by atoms with Crippen molar-refractivity contribution in [2.45, 2.75) is 6.54 Å². The third-order valence-electron chi connectivity index (χ3n) is 2.96. The van der Waals surface area contributed by atoms with E-state index in [1.54, 1.807) is 23.1 Å². The lowest BCUT2D eigenvalue weighted by Crippen LogP contribution is -2.00. The van der Waals surface area contributed by atoms with Crippen LogP contribution in [0.3, 0.4) is 0 Å². The smallest absolute Gasteiger partial charge is 0.146 e. The van der Waals surface area contributed by atoms with Gasteiger partial charge >= 0.3 is 0 Å². The minimum Gasteiger partial charge on any atom is -0.382 e. The molecule has 1 aromatic carbocycles. The fourth-order valence-corrected chi connectivity index (χ4v) is 2.19. The van der Waals surface area contributed by atoms with Gasteiger partial charge in [-0.15, -0.1) is 0 Å². The number of rotatable bonds is 3. The van der Waals surface area contributed by atoms with Gasteiger partial charge in [0.05, 0.1) is 18.4 Å². The van der Waals surface area contributed by atoms with Crippen LogP contribution in [0.15, 0.2) is 43.0 Å². The van der Waals surface area contributed by atoms with Crippen LogP contribution in [0.25, 0.3) is 11.3 Å². The lowest BCUT2D eigenvalue weighted by atomic mass is 10.2. The van der Waals surface area contributed by atoms with Gasteiger partial charge in [0.15, 0.2) is 0 Å². The molecule has 21 heavy (non-hydrogen) atoms. The van der Waals surface area contributed by atoms with Crippen LogP contribution in [0.1, 0.15) is 5.56 Å². The molecule has 7 heteroatoms. The topological polar surface area (TPSA) is 69.6 Å². The molecule has 0 atom stereocenters. The molecule has 0 fully saturated rings. The summed E-state index contributed by atoms with van der Waals surface area (Å²) >= 11 is 6.08. The van der Waals surface area contributed by atoms with E-state index in [1.807, 2.05) is 6.07 Å². The molecule has 0 amide bonds. The number of halogens is 2. The van der Waals surface area contributed by atoms with Crippen LogP contribution in [0.4, 0.5) is 10.2 Å². The lowest BCUT2D eigenvalue weighted by molar-refractivity contribution is 0.619. The Morgan fingerprint density at radius 3 is 2.95 bits per heavy atom. The molecule has 3 aromatic rings. The molecule has 2 aromatic heterocycles. The number of hydrogen-bond donors (Lipinski definition) is 1. The second-order valence-electron chi connectivity index (χ2n) is 4.48. The number of nitrogens with zero attached hydrogens (tertiary/aromatic N) is 4. The third kappa shape index (κ3) is 2.85. The zero-order valence-corrected chi connectivity index (χ0v) is 11.6. The molecule has 0 bridgehead atoms. The molecule has 0 spiro atoms. The molecule has 2 N–H and O–H groups in total. The van der Waals surface area contributed by atoms with E-state index in [9.17, 15) is 4.39 Å². The van der Waals surface area contributed by atoms with Crippen LogP contribution in [-0.2, 0) is 6.54 Å². The maximum absolute atomic E-state index is 13.2. The Balaban J connectivity index is 1.88. The van der Waals surface area contributed by atoms with Crippen molar-refractivity contribution in [3.05, 3.63) is 59.4 Å². The highest BCUT2D eigenvalue weighted by atomic mass is 35.5. The van der Waals surface area contributed by atoms with E-state index in [4.69, 9.17) is 17.3 Å². The van der Waals surface area contributed by atoms with Gasteiger partial charge in [-0.05, 0) is 17.7 Å². The zero-order chi connectivity index (χ0) is 14.8. The minimum absolute atomic E-state index is 0.222. The van der Waals surface area contributed by atoms with Gasteiger partial charge in [0.2, 0.25) is 0 Å². The van der Waals surface area contributed by atoms with Crippen molar-refractivity contribution in [2.75, 3.05) is 5.73 Å². The van der Waals surface area contributed by atoms with E-state index >= 15 is 0 Å². The highest BCUT2D eigenvalue weighted by Gasteiger charge is 2.11. The summed E-state index contributed by atoms with van der Waals surface area (Å²) in [5, 5.41) is 4.52. The maximum Gasteiger partial charge on any atom is 0.146 e. The van der Waals surface area contributed by atoms with Crippen LogP contribution >= 0.6 is 11.6 Å². The summed E-state index contributed by atoms with van der Waals surface area (Å²) in [7, 11) is 0. The van der Waals surface area contributed by atoms with Crippen LogP contribution < -0.4 is 5.73 Å². The van der Waals surface area contributed by atoms with E-state index < -0.39 is 0 Å². The fraction of sp³-hybridized carbons (Fsp3) is 0.0714. The Hall–Kier alpha value is -2.47. The van der Waals surface area contributed by atoms with Crippen LogP contribution in [0.5, 0.6) is 0 Å². The Bertz CT molecular complexity index is 787. The normalized spacial score (nSPS) is 10.8. The SMILES string of the molecule is Nc1ncnc(-c2cnn(Cc3cccc(F)c3)c2)c1Cl. The van der Waals surface area contributed by atoms with Crippen molar-refractivity contribution in [3.63, 3.8) is 0 Å². The second-order valence-corrected chi connectivity index (χ2v) is 4.86. The number of benzene rings is 1. The highest BCUT2D eigenvalue weighted by Crippen LogP contribution is 2.28. The first-order valence-corrected chi connectivity index (χ1v) is 6.54. The lowest BCUT2D eigenvalue weighted by Gasteiger charge is -2.03. The summed E-state index contributed by atoms with van der Waals surface area (Å²) in [6.07, 6.45) is 4.76. The molecule has 0 unspecified atom stereocenters. The molecule has 0 saturated heterocycles. The van der Waals surface area contributed by atoms with E-state index in [0.29, 0.717) is 17.3 Å². The first-order valence-electron chi connectivity index (χ1n) is 6.17. The van der Waals surface area contributed by atoms with Crippen LogP contribution in [0, 0.1) is 5.82 Å². The average Bonchev–Trinajstić information content (AvgIpc) is 2.90.